The molecule has 0 spiro atoms. The number of allylic oxidation sites excluding steroid dienone is 3. The predicted octanol–water partition coefficient (Wildman–Crippen LogP) is 3.92. The number of fused-ring (bicyclic) bond motifs is 3. The number of amides is 1. The van der Waals surface area contributed by atoms with Crippen molar-refractivity contribution in [2.24, 2.45) is 5.16 Å². The molecule has 2 aliphatic rings. The third kappa shape index (κ3) is 4.29. The summed E-state index contributed by atoms with van der Waals surface area (Å²) in [6, 6.07) is 2.88. The van der Waals surface area contributed by atoms with Gasteiger partial charge in [-0.2, -0.15) is 0 Å². The Morgan fingerprint density at radius 2 is 1.88 bits per heavy atom. The lowest BCUT2D eigenvalue weighted by molar-refractivity contribution is -0.119. The molecule has 208 valence electrons. The van der Waals surface area contributed by atoms with Crippen molar-refractivity contribution in [3.8, 4) is 35.3 Å². The Hall–Kier alpha value is -4.91. The Bertz CT molecular complexity index is 1590. The minimum Gasteiger partial charge on any atom is -0.508 e. The first kappa shape index (κ1) is 28.1. The number of methoxy groups -OCH3 is 1. The van der Waals surface area contributed by atoms with Crippen molar-refractivity contribution in [1.29, 1.82) is 0 Å². The zero-order chi connectivity index (χ0) is 29.5. The molecule has 4 N–H and O–H groups in total. The molecule has 1 aliphatic heterocycles. The zero-order valence-corrected chi connectivity index (χ0v) is 23.1. The summed E-state index contributed by atoms with van der Waals surface area (Å²) in [5, 5.41) is 38.5. The molecule has 40 heavy (non-hydrogen) atoms. The molecule has 4 rings (SSSR count). The normalized spacial score (nSPS) is 17.9. The van der Waals surface area contributed by atoms with Crippen LogP contribution in [0.4, 0.5) is 0 Å². The highest BCUT2D eigenvalue weighted by atomic mass is 16.6. The number of aromatic hydroxyl groups is 2. The molecular weight excluding hydrogens is 516 g/mol. The highest BCUT2D eigenvalue weighted by Crippen LogP contribution is 2.56. The molecule has 10 nitrogen and oxygen atoms in total. The summed E-state index contributed by atoms with van der Waals surface area (Å²) in [7, 11) is 1.34. The fourth-order valence-corrected chi connectivity index (χ4v) is 5.09. The van der Waals surface area contributed by atoms with Gasteiger partial charge in [-0.15, -0.1) is 6.42 Å². The van der Waals surface area contributed by atoms with E-state index < -0.39 is 22.9 Å². The van der Waals surface area contributed by atoms with Crippen molar-refractivity contribution in [2.75, 3.05) is 13.7 Å². The van der Waals surface area contributed by atoms with Crippen LogP contribution in [-0.2, 0) is 21.6 Å². The van der Waals surface area contributed by atoms with Gasteiger partial charge >= 0.3 is 0 Å². The lowest BCUT2D eigenvalue weighted by Gasteiger charge is -2.28. The molecule has 10 heteroatoms. The van der Waals surface area contributed by atoms with E-state index in [4.69, 9.17) is 20.7 Å². The van der Waals surface area contributed by atoms with Crippen molar-refractivity contribution in [2.45, 2.75) is 46.6 Å². The molecule has 2 aromatic rings. The summed E-state index contributed by atoms with van der Waals surface area (Å²) >= 11 is 0. The first-order valence-corrected chi connectivity index (χ1v) is 12.4. The number of Topliss-reactive ketones (excluding diaryl/α,β-unsaturated/α-hetero) is 1. The number of carbonyl (C=O) groups is 2. The third-order valence-corrected chi connectivity index (χ3v) is 7.45. The highest BCUT2D eigenvalue weighted by molar-refractivity contribution is 6.27. The SMILES string of the molecule is C#CCON=C(C)C1=C(O)C=C2Oc3c(C(=O)NCc4c(C)cc(O)c(C)c4C)c(OC)cc(O)c3[C@]2(C)C1=O. The van der Waals surface area contributed by atoms with Crippen LogP contribution in [0.2, 0.25) is 0 Å². The molecule has 1 aliphatic carbocycles. The van der Waals surface area contributed by atoms with Gasteiger partial charge < -0.3 is 34.9 Å². The van der Waals surface area contributed by atoms with Gasteiger partial charge in [-0.1, -0.05) is 11.1 Å². The number of aryl methyl sites for hydroxylation is 1. The molecule has 0 bridgehead atoms. The largest absolute Gasteiger partial charge is 0.508 e. The summed E-state index contributed by atoms with van der Waals surface area (Å²) in [6.45, 7) is 8.47. The maximum Gasteiger partial charge on any atom is 0.259 e. The third-order valence-electron chi connectivity index (χ3n) is 7.45. The van der Waals surface area contributed by atoms with Crippen molar-refractivity contribution in [3.05, 3.63) is 68.7 Å². The van der Waals surface area contributed by atoms with E-state index in [2.05, 4.69) is 16.4 Å². The number of benzene rings is 2. The van der Waals surface area contributed by atoms with Crippen molar-refractivity contribution in [1.82, 2.24) is 5.32 Å². The maximum atomic E-state index is 13.8. The highest BCUT2D eigenvalue weighted by Gasteiger charge is 2.55. The van der Waals surface area contributed by atoms with E-state index in [9.17, 15) is 24.9 Å². The van der Waals surface area contributed by atoms with Crippen LogP contribution in [-0.4, -0.2) is 46.4 Å². The predicted molar refractivity (Wildman–Crippen MR) is 147 cm³/mol. The standard InChI is InChI=1S/C30H30N2O8/c1-8-9-39-32-17(5)24-20(34)12-23-30(6,28(24)36)26-21(35)11-22(38-7)25(27(26)40-23)29(37)31-13-18-14(2)10-19(33)16(4)15(18)3/h1,10-12,33-35H,9,13H2,2-7H3,(H,31,37)/t30-/m1/s1. The van der Waals surface area contributed by atoms with Gasteiger partial charge in [-0.25, -0.2) is 0 Å². The second kappa shape index (κ2) is 10.3. The van der Waals surface area contributed by atoms with E-state index in [1.165, 1.54) is 33.1 Å². The van der Waals surface area contributed by atoms with Gasteiger partial charge in [-0.05, 0) is 62.9 Å². The molecule has 0 radical (unpaired) electrons. The Labute approximate surface area is 231 Å². The van der Waals surface area contributed by atoms with Crippen molar-refractivity contribution < 1.29 is 39.2 Å². The monoisotopic (exact) mass is 546 g/mol. The number of phenolic OH excluding ortho intramolecular Hbond substituents is 2. The number of ether oxygens (including phenoxy) is 2. The molecule has 1 amide bonds. The average Bonchev–Trinajstić information content (AvgIpc) is 3.20. The van der Waals surface area contributed by atoms with Crippen molar-refractivity contribution >= 4 is 17.4 Å². The van der Waals surface area contributed by atoms with Gasteiger partial charge in [0.2, 0.25) is 0 Å². The first-order chi connectivity index (χ1) is 18.9. The van der Waals surface area contributed by atoms with E-state index in [1.54, 1.807) is 13.0 Å². The average molecular weight is 547 g/mol. The van der Waals surface area contributed by atoms with Gasteiger partial charge in [0, 0.05) is 18.7 Å². The summed E-state index contributed by atoms with van der Waals surface area (Å²) in [5.41, 5.74) is 1.52. The second-order valence-corrected chi connectivity index (χ2v) is 9.78. The zero-order valence-electron chi connectivity index (χ0n) is 23.1. The van der Waals surface area contributed by atoms with Crippen LogP contribution in [0.3, 0.4) is 0 Å². The lowest BCUT2D eigenvalue weighted by Crippen LogP contribution is -2.38. The van der Waals surface area contributed by atoms with Crippen LogP contribution >= 0.6 is 0 Å². The smallest absolute Gasteiger partial charge is 0.259 e. The number of hydrogen-bond donors (Lipinski definition) is 4. The summed E-state index contributed by atoms with van der Waals surface area (Å²) in [4.78, 5) is 32.4. The number of ketones is 1. The lowest BCUT2D eigenvalue weighted by atomic mass is 9.71. The minimum atomic E-state index is -1.59. The maximum absolute atomic E-state index is 13.8. The topological polar surface area (TPSA) is 147 Å². The summed E-state index contributed by atoms with van der Waals surface area (Å²) in [6.07, 6.45) is 6.42. The van der Waals surface area contributed by atoms with Crippen molar-refractivity contribution in [3.63, 3.8) is 0 Å². The molecule has 0 aromatic heterocycles. The first-order valence-electron chi connectivity index (χ1n) is 12.4. The Morgan fingerprint density at radius 1 is 1.18 bits per heavy atom. The van der Waals surface area contributed by atoms with Crippen LogP contribution in [0.1, 0.15) is 52.0 Å². The molecule has 0 saturated heterocycles. The molecule has 2 aromatic carbocycles. The van der Waals surface area contributed by atoms with E-state index in [-0.39, 0.29) is 64.3 Å². The van der Waals surface area contributed by atoms with Gasteiger partial charge in [0.25, 0.3) is 5.91 Å². The van der Waals surface area contributed by atoms with E-state index in [1.807, 2.05) is 13.8 Å². The van der Waals surface area contributed by atoms with Crippen LogP contribution < -0.4 is 14.8 Å². The number of phenols is 2. The fourth-order valence-electron chi connectivity index (χ4n) is 5.09. The summed E-state index contributed by atoms with van der Waals surface area (Å²) < 4.78 is 11.4. The number of carbonyl (C=O) groups excluding carboxylic acids is 2. The number of aliphatic hydroxyl groups is 1. The fraction of sp³-hybridized carbons (Fsp3) is 0.300. The second-order valence-electron chi connectivity index (χ2n) is 9.78. The summed E-state index contributed by atoms with van der Waals surface area (Å²) in [5.74, 6) is 0.453. The molecule has 0 unspecified atom stereocenters. The Balaban J connectivity index is 1.78. The number of nitrogens with one attached hydrogen (secondary N) is 1. The minimum absolute atomic E-state index is 0.0181. The van der Waals surface area contributed by atoms with Gasteiger partial charge in [-0.3, -0.25) is 9.59 Å². The van der Waals surface area contributed by atoms with Crippen LogP contribution in [0.15, 0.2) is 40.5 Å². The van der Waals surface area contributed by atoms with Gasteiger partial charge in [0.05, 0.1) is 24.0 Å². The Kier molecular flexibility index (Phi) is 7.26. The molecule has 1 heterocycles. The molecule has 0 fully saturated rings. The van der Waals surface area contributed by atoms with Gasteiger partial charge in [0.1, 0.15) is 39.7 Å². The van der Waals surface area contributed by atoms with Crippen LogP contribution in [0.25, 0.3) is 0 Å². The molecule has 1 atom stereocenters. The van der Waals surface area contributed by atoms with Crippen LogP contribution in [0.5, 0.6) is 23.0 Å². The number of rotatable bonds is 7. The van der Waals surface area contributed by atoms with E-state index in [0.717, 1.165) is 16.7 Å². The van der Waals surface area contributed by atoms with E-state index >= 15 is 0 Å². The van der Waals surface area contributed by atoms with Gasteiger partial charge in [0.15, 0.2) is 18.1 Å². The number of nitrogens with zero attached hydrogens (tertiary/aromatic N) is 1. The quantitative estimate of drug-likeness (QED) is 0.177. The number of hydrogen-bond acceptors (Lipinski definition) is 9. The number of oxime groups is 1. The Morgan fingerprint density at radius 3 is 2.52 bits per heavy atom. The van der Waals surface area contributed by atoms with E-state index in [0.29, 0.717) is 5.56 Å². The molecule has 0 saturated carbocycles. The molecular formula is C30H30N2O8. The number of terminal acetylenes is 1. The van der Waals surface area contributed by atoms with Crippen LogP contribution in [0, 0.1) is 33.1 Å². The number of aliphatic hydroxyl groups excluding tert-OH is 1.